The molecule has 0 spiro atoms. The minimum Gasteiger partial charge on any atom is -0.481 e. The Labute approximate surface area is 170 Å². The van der Waals surface area contributed by atoms with Crippen molar-refractivity contribution in [2.45, 2.75) is 39.7 Å². The van der Waals surface area contributed by atoms with E-state index >= 15 is 0 Å². The summed E-state index contributed by atoms with van der Waals surface area (Å²) in [6.07, 6.45) is 2.94. The molecule has 1 aromatic carbocycles. The molecule has 1 unspecified atom stereocenters. The topological polar surface area (TPSA) is 84.7 Å². The number of hydrogen-bond acceptors (Lipinski definition) is 4. The fraction of sp³-hybridized carbons (Fsp3) is 0.318. The van der Waals surface area contributed by atoms with E-state index < -0.39 is 6.10 Å². The largest absolute Gasteiger partial charge is 0.481 e. The average Bonchev–Trinajstić information content (AvgIpc) is 3.05. The summed E-state index contributed by atoms with van der Waals surface area (Å²) in [5.74, 6) is 0.163. The third kappa shape index (κ3) is 4.93. The van der Waals surface area contributed by atoms with Crippen LogP contribution in [0.15, 0.2) is 48.7 Å². The minimum atomic E-state index is -0.750. The number of imidazole rings is 1. The number of fused-ring (bicyclic) bond motifs is 1. The summed E-state index contributed by atoms with van der Waals surface area (Å²) in [7, 11) is 0. The van der Waals surface area contributed by atoms with E-state index in [1.54, 1.807) is 23.5 Å². The molecule has 29 heavy (non-hydrogen) atoms. The number of aromatic nitrogens is 2. The number of amides is 2. The zero-order chi connectivity index (χ0) is 20.8. The number of carbonyl (C=O) groups is 2. The van der Waals surface area contributed by atoms with E-state index in [0.29, 0.717) is 23.6 Å². The number of aryl methyl sites for hydroxylation is 1. The van der Waals surface area contributed by atoms with Gasteiger partial charge in [0.15, 0.2) is 17.6 Å². The quantitative estimate of drug-likeness (QED) is 0.572. The van der Waals surface area contributed by atoms with Gasteiger partial charge in [-0.1, -0.05) is 37.6 Å². The van der Waals surface area contributed by atoms with Crippen LogP contribution in [0.5, 0.6) is 5.75 Å². The second kappa shape index (κ2) is 9.23. The Morgan fingerprint density at radius 2 is 1.93 bits per heavy atom. The number of nitrogens with one attached hydrogen (secondary N) is 2. The van der Waals surface area contributed by atoms with Gasteiger partial charge in [0.2, 0.25) is 0 Å². The molecule has 0 radical (unpaired) electrons. The molecule has 0 saturated carbocycles. The van der Waals surface area contributed by atoms with E-state index in [0.717, 1.165) is 18.4 Å². The molecule has 0 aliphatic rings. The molecule has 0 saturated heterocycles. The molecule has 0 fully saturated rings. The maximum Gasteiger partial charge on any atom is 0.272 e. The van der Waals surface area contributed by atoms with Gasteiger partial charge in [0.05, 0.1) is 0 Å². The van der Waals surface area contributed by atoms with Crippen LogP contribution in [0.2, 0.25) is 0 Å². The third-order valence-corrected chi connectivity index (χ3v) is 4.46. The molecule has 3 rings (SSSR count). The Hall–Kier alpha value is -3.35. The summed E-state index contributed by atoms with van der Waals surface area (Å²) < 4.78 is 7.38. The maximum atomic E-state index is 12.8. The monoisotopic (exact) mass is 394 g/mol. The predicted octanol–water partition coefficient (Wildman–Crippen LogP) is 3.58. The highest BCUT2D eigenvalue weighted by atomic mass is 16.5. The number of hydrogen-bond donors (Lipinski definition) is 2. The number of unbranched alkanes of at least 4 members (excludes halogenated alkanes) is 1. The minimum absolute atomic E-state index is 0.220. The summed E-state index contributed by atoms with van der Waals surface area (Å²) in [5.41, 5.74) is 1.87. The lowest BCUT2D eigenvalue weighted by Crippen LogP contribution is -2.32. The van der Waals surface area contributed by atoms with Gasteiger partial charge in [-0.05, 0) is 44.0 Å². The van der Waals surface area contributed by atoms with Crippen LogP contribution in [0.4, 0.5) is 5.82 Å². The van der Waals surface area contributed by atoms with Crippen molar-refractivity contribution in [2.24, 2.45) is 0 Å². The van der Waals surface area contributed by atoms with Gasteiger partial charge >= 0.3 is 0 Å². The number of pyridine rings is 1. The van der Waals surface area contributed by atoms with Gasteiger partial charge in [0.1, 0.15) is 11.4 Å². The van der Waals surface area contributed by atoms with E-state index in [-0.39, 0.29) is 17.6 Å². The molecule has 7 nitrogen and oxygen atoms in total. The van der Waals surface area contributed by atoms with Gasteiger partial charge in [-0.15, -0.1) is 0 Å². The second-order valence-electron chi connectivity index (χ2n) is 6.92. The van der Waals surface area contributed by atoms with Crippen molar-refractivity contribution in [3.8, 4) is 5.75 Å². The van der Waals surface area contributed by atoms with E-state index in [1.165, 1.54) is 0 Å². The first-order valence-corrected chi connectivity index (χ1v) is 9.79. The van der Waals surface area contributed by atoms with E-state index in [1.807, 2.05) is 43.5 Å². The smallest absolute Gasteiger partial charge is 0.272 e. The van der Waals surface area contributed by atoms with Crippen molar-refractivity contribution in [3.05, 3.63) is 59.9 Å². The Kier molecular flexibility index (Phi) is 6.49. The van der Waals surface area contributed by atoms with Crippen molar-refractivity contribution in [1.82, 2.24) is 14.7 Å². The SMILES string of the molecule is CCCCNC(=O)c1c(NC(=O)C(C)Oc2ccccc2)nc2ccc(C)cn12. The number of benzene rings is 1. The fourth-order valence-corrected chi connectivity index (χ4v) is 2.89. The highest BCUT2D eigenvalue weighted by Gasteiger charge is 2.23. The molecule has 2 N–H and O–H groups in total. The Morgan fingerprint density at radius 1 is 1.17 bits per heavy atom. The number of para-hydroxylation sites is 1. The van der Waals surface area contributed by atoms with E-state index in [9.17, 15) is 9.59 Å². The summed E-state index contributed by atoms with van der Waals surface area (Å²) in [6.45, 7) is 6.22. The molecular formula is C22H26N4O3. The van der Waals surface area contributed by atoms with Crippen LogP contribution in [0.3, 0.4) is 0 Å². The van der Waals surface area contributed by atoms with Crippen LogP contribution in [0.25, 0.3) is 5.65 Å². The Morgan fingerprint density at radius 3 is 2.66 bits per heavy atom. The molecule has 2 heterocycles. The van der Waals surface area contributed by atoms with Crippen LogP contribution in [0.1, 0.15) is 42.7 Å². The first-order valence-electron chi connectivity index (χ1n) is 9.79. The molecule has 152 valence electrons. The van der Waals surface area contributed by atoms with Gasteiger partial charge in [-0.2, -0.15) is 0 Å². The second-order valence-corrected chi connectivity index (χ2v) is 6.92. The Bertz CT molecular complexity index is 998. The fourth-order valence-electron chi connectivity index (χ4n) is 2.89. The molecule has 2 amide bonds. The molecule has 0 bridgehead atoms. The standard InChI is InChI=1S/C22H26N4O3/c1-4-5-13-23-22(28)19-20(24-18-12-11-15(2)14-26(18)19)25-21(27)16(3)29-17-9-7-6-8-10-17/h6-12,14,16H,4-5,13H2,1-3H3,(H,23,28)(H,25,27). The molecular weight excluding hydrogens is 368 g/mol. The van der Waals surface area contributed by atoms with Gasteiger partial charge in [0, 0.05) is 12.7 Å². The van der Waals surface area contributed by atoms with Gasteiger partial charge < -0.3 is 15.4 Å². The third-order valence-electron chi connectivity index (χ3n) is 4.46. The van der Waals surface area contributed by atoms with Crippen molar-refractivity contribution in [3.63, 3.8) is 0 Å². The highest BCUT2D eigenvalue weighted by molar-refractivity contribution is 6.03. The molecule has 0 aliphatic carbocycles. The molecule has 7 heteroatoms. The summed E-state index contributed by atoms with van der Waals surface area (Å²) in [6, 6.07) is 12.8. The predicted molar refractivity (Wildman–Crippen MR) is 112 cm³/mol. The van der Waals surface area contributed by atoms with Crippen molar-refractivity contribution >= 4 is 23.3 Å². The molecule has 3 aromatic rings. The number of nitrogens with zero attached hydrogens (tertiary/aromatic N) is 2. The average molecular weight is 394 g/mol. The Balaban J connectivity index is 1.84. The lowest BCUT2D eigenvalue weighted by atomic mass is 10.3. The summed E-state index contributed by atoms with van der Waals surface area (Å²) in [5, 5.41) is 5.65. The van der Waals surface area contributed by atoms with Gasteiger partial charge in [0.25, 0.3) is 11.8 Å². The zero-order valence-corrected chi connectivity index (χ0v) is 16.9. The lowest BCUT2D eigenvalue weighted by Gasteiger charge is -2.14. The first kappa shape index (κ1) is 20.4. The van der Waals surface area contributed by atoms with E-state index in [2.05, 4.69) is 22.5 Å². The maximum absolute atomic E-state index is 12.8. The van der Waals surface area contributed by atoms with E-state index in [4.69, 9.17) is 4.74 Å². The first-order chi connectivity index (χ1) is 14.0. The molecule has 0 aliphatic heterocycles. The number of anilines is 1. The van der Waals surface area contributed by atoms with Crippen LogP contribution in [0, 0.1) is 6.92 Å². The summed E-state index contributed by atoms with van der Waals surface area (Å²) >= 11 is 0. The molecule has 1 atom stereocenters. The number of carbonyl (C=O) groups excluding carboxylic acids is 2. The highest BCUT2D eigenvalue weighted by Crippen LogP contribution is 2.20. The van der Waals surface area contributed by atoms with Crippen LogP contribution in [-0.4, -0.2) is 33.8 Å². The molecule has 2 aromatic heterocycles. The van der Waals surface area contributed by atoms with Crippen molar-refractivity contribution in [1.29, 1.82) is 0 Å². The van der Waals surface area contributed by atoms with Crippen LogP contribution < -0.4 is 15.4 Å². The van der Waals surface area contributed by atoms with Crippen molar-refractivity contribution in [2.75, 3.05) is 11.9 Å². The van der Waals surface area contributed by atoms with Gasteiger partial charge in [-0.3, -0.25) is 14.0 Å². The van der Waals surface area contributed by atoms with Crippen LogP contribution >= 0.6 is 0 Å². The normalized spacial score (nSPS) is 11.8. The van der Waals surface area contributed by atoms with Gasteiger partial charge in [-0.25, -0.2) is 4.98 Å². The number of ether oxygens (including phenoxy) is 1. The lowest BCUT2D eigenvalue weighted by molar-refractivity contribution is -0.122. The zero-order valence-electron chi connectivity index (χ0n) is 16.9. The summed E-state index contributed by atoms with van der Waals surface area (Å²) in [4.78, 5) is 29.9. The van der Waals surface area contributed by atoms with Crippen LogP contribution in [-0.2, 0) is 4.79 Å². The number of rotatable bonds is 8. The van der Waals surface area contributed by atoms with Crippen molar-refractivity contribution < 1.29 is 14.3 Å².